The SMILES string of the molecule is CC(=O)Nc1ccc(Cl)c(C(=O)N[C@@H](CCn2ccnc2)c2ccccc2)c1. The minimum Gasteiger partial charge on any atom is -0.345 e. The molecule has 2 N–H and O–H groups in total. The molecule has 6 nitrogen and oxygen atoms in total. The van der Waals surface area contributed by atoms with Gasteiger partial charge in [-0.1, -0.05) is 41.9 Å². The fourth-order valence-corrected chi connectivity index (χ4v) is 3.12. The number of amides is 2. The number of aromatic nitrogens is 2. The van der Waals surface area contributed by atoms with Gasteiger partial charge in [0.1, 0.15) is 0 Å². The molecule has 0 spiro atoms. The first kappa shape index (κ1) is 19.6. The van der Waals surface area contributed by atoms with Crippen molar-refractivity contribution in [1.29, 1.82) is 0 Å². The van der Waals surface area contributed by atoms with E-state index in [9.17, 15) is 9.59 Å². The summed E-state index contributed by atoms with van der Waals surface area (Å²) in [5, 5.41) is 6.06. The molecule has 1 atom stereocenters. The summed E-state index contributed by atoms with van der Waals surface area (Å²) >= 11 is 6.23. The summed E-state index contributed by atoms with van der Waals surface area (Å²) in [6.07, 6.45) is 6.05. The lowest BCUT2D eigenvalue weighted by Crippen LogP contribution is -2.29. The molecule has 3 rings (SSSR count). The second kappa shape index (κ2) is 9.19. The van der Waals surface area contributed by atoms with Crippen LogP contribution < -0.4 is 10.6 Å². The molecule has 0 bridgehead atoms. The van der Waals surface area contributed by atoms with Crippen molar-refractivity contribution < 1.29 is 9.59 Å². The molecule has 28 heavy (non-hydrogen) atoms. The van der Waals surface area contributed by atoms with Gasteiger partial charge in [-0.2, -0.15) is 0 Å². The second-order valence-electron chi connectivity index (χ2n) is 6.40. The minimum absolute atomic E-state index is 0.198. The van der Waals surface area contributed by atoms with Gasteiger partial charge in [0.15, 0.2) is 0 Å². The highest BCUT2D eigenvalue weighted by molar-refractivity contribution is 6.34. The van der Waals surface area contributed by atoms with Gasteiger partial charge in [0.05, 0.1) is 23.0 Å². The first-order chi connectivity index (χ1) is 13.5. The summed E-state index contributed by atoms with van der Waals surface area (Å²) in [6.45, 7) is 2.12. The first-order valence-corrected chi connectivity index (χ1v) is 9.29. The Hall–Kier alpha value is -3.12. The van der Waals surface area contributed by atoms with Crippen molar-refractivity contribution >= 4 is 29.1 Å². The van der Waals surface area contributed by atoms with Crippen molar-refractivity contribution in [3.8, 4) is 0 Å². The number of anilines is 1. The van der Waals surface area contributed by atoms with Gasteiger partial charge < -0.3 is 15.2 Å². The third kappa shape index (κ3) is 5.20. The van der Waals surface area contributed by atoms with E-state index in [1.165, 1.54) is 6.92 Å². The van der Waals surface area contributed by atoms with E-state index in [1.54, 1.807) is 30.7 Å². The fourth-order valence-electron chi connectivity index (χ4n) is 2.92. The lowest BCUT2D eigenvalue weighted by molar-refractivity contribution is -0.114. The number of carbonyl (C=O) groups is 2. The number of aryl methyl sites for hydroxylation is 1. The number of nitrogens with one attached hydrogen (secondary N) is 2. The Balaban J connectivity index is 1.79. The van der Waals surface area contributed by atoms with Crippen LogP contribution in [0.25, 0.3) is 0 Å². The number of benzene rings is 2. The number of hydrogen-bond acceptors (Lipinski definition) is 3. The van der Waals surface area contributed by atoms with Crippen LogP contribution in [0, 0.1) is 0 Å². The Bertz CT molecular complexity index is 942. The Kier molecular flexibility index (Phi) is 6.45. The maximum Gasteiger partial charge on any atom is 0.253 e. The van der Waals surface area contributed by atoms with Crippen LogP contribution in [0.3, 0.4) is 0 Å². The molecule has 0 aliphatic carbocycles. The molecule has 7 heteroatoms. The zero-order valence-corrected chi connectivity index (χ0v) is 16.2. The van der Waals surface area contributed by atoms with E-state index in [4.69, 9.17) is 11.6 Å². The predicted molar refractivity (Wildman–Crippen MR) is 109 cm³/mol. The third-order valence-corrected chi connectivity index (χ3v) is 4.60. The standard InChI is InChI=1S/C21H21ClN4O2/c1-15(27)24-17-7-8-19(22)18(13-17)21(28)25-20(16-5-3-2-4-6-16)9-11-26-12-10-23-14-26/h2-8,10,12-14,20H,9,11H2,1H3,(H,24,27)(H,25,28)/t20-/m0/s1. The van der Waals surface area contributed by atoms with E-state index in [0.717, 1.165) is 5.56 Å². The largest absolute Gasteiger partial charge is 0.345 e. The number of nitrogens with zero attached hydrogens (tertiary/aromatic N) is 2. The van der Waals surface area contributed by atoms with Crippen LogP contribution in [0.1, 0.15) is 35.3 Å². The molecule has 0 aliphatic rings. The predicted octanol–water partition coefficient (Wildman–Crippen LogP) is 4.06. The molecule has 0 saturated heterocycles. The molecule has 2 amide bonds. The lowest BCUT2D eigenvalue weighted by Gasteiger charge is -2.20. The molecule has 0 aliphatic heterocycles. The van der Waals surface area contributed by atoms with Crippen molar-refractivity contribution in [3.05, 3.63) is 83.4 Å². The number of hydrogen-bond donors (Lipinski definition) is 2. The van der Waals surface area contributed by atoms with E-state index < -0.39 is 0 Å². The van der Waals surface area contributed by atoms with Crippen molar-refractivity contribution in [2.45, 2.75) is 25.9 Å². The van der Waals surface area contributed by atoms with E-state index in [2.05, 4.69) is 15.6 Å². The summed E-state index contributed by atoms with van der Waals surface area (Å²) in [6, 6.07) is 14.4. The maximum atomic E-state index is 12.9. The Morgan fingerprint density at radius 2 is 1.96 bits per heavy atom. The summed E-state index contributed by atoms with van der Waals surface area (Å²) in [4.78, 5) is 28.3. The highest BCUT2D eigenvalue weighted by Crippen LogP contribution is 2.23. The van der Waals surface area contributed by atoms with E-state index in [1.807, 2.05) is 41.1 Å². The molecule has 0 fully saturated rings. The van der Waals surface area contributed by atoms with Gasteiger partial charge in [-0.05, 0) is 30.2 Å². The average Bonchev–Trinajstić information content (AvgIpc) is 3.20. The molecule has 0 unspecified atom stereocenters. The van der Waals surface area contributed by atoms with Gasteiger partial charge in [-0.3, -0.25) is 9.59 Å². The molecular formula is C21H21ClN4O2. The molecular weight excluding hydrogens is 376 g/mol. The third-order valence-electron chi connectivity index (χ3n) is 4.27. The molecule has 1 heterocycles. The van der Waals surface area contributed by atoms with Crippen LogP contribution in [0.4, 0.5) is 5.69 Å². The Morgan fingerprint density at radius 3 is 2.64 bits per heavy atom. The van der Waals surface area contributed by atoms with Crippen LogP contribution >= 0.6 is 11.6 Å². The molecule has 0 radical (unpaired) electrons. The minimum atomic E-state index is -0.295. The second-order valence-corrected chi connectivity index (χ2v) is 6.81. The Morgan fingerprint density at radius 1 is 1.18 bits per heavy atom. The van der Waals surface area contributed by atoms with Crippen molar-refractivity contribution in [3.63, 3.8) is 0 Å². The summed E-state index contributed by atoms with van der Waals surface area (Å²) < 4.78 is 1.96. The zero-order chi connectivity index (χ0) is 19.9. The normalized spacial score (nSPS) is 11.6. The zero-order valence-electron chi connectivity index (χ0n) is 15.4. The van der Waals surface area contributed by atoms with E-state index in [0.29, 0.717) is 29.2 Å². The molecule has 1 aromatic heterocycles. The fraction of sp³-hybridized carbons (Fsp3) is 0.190. The van der Waals surface area contributed by atoms with Gasteiger partial charge >= 0.3 is 0 Å². The van der Waals surface area contributed by atoms with Crippen LogP contribution in [0.5, 0.6) is 0 Å². The van der Waals surface area contributed by atoms with Gasteiger partial charge in [-0.25, -0.2) is 4.98 Å². The monoisotopic (exact) mass is 396 g/mol. The highest BCUT2D eigenvalue weighted by Gasteiger charge is 2.18. The number of halogens is 1. The van der Waals surface area contributed by atoms with Gasteiger partial charge in [0.2, 0.25) is 5.91 Å². The number of imidazole rings is 1. The van der Waals surface area contributed by atoms with Crippen LogP contribution in [-0.4, -0.2) is 21.4 Å². The smallest absolute Gasteiger partial charge is 0.253 e. The molecule has 0 saturated carbocycles. The van der Waals surface area contributed by atoms with Crippen LogP contribution in [0.2, 0.25) is 5.02 Å². The van der Waals surface area contributed by atoms with Crippen LogP contribution in [0.15, 0.2) is 67.3 Å². The summed E-state index contributed by atoms with van der Waals surface area (Å²) in [5.74, 6) is -0.507. The lowest BCUT2D eigenvalue weighted by atomic mass is 10.0. The van der Waals surface area contributed by atoms with E-state index >= 15 is 0 Å². The number of rotatable bonds is 7. The topological polar surface area (TPSA) is 76.0 Å². The maximum absolute atomic E-state index is 12.9. The van der Waals surface area contributed by atoms with Gasteiger partial charge in [0.25, 0.3) is 5.91 Å². The highest BCUT2D eigenvalue weighted by atomic mass is 35.5. The van der Waals surface area contributed by atoms with Crippen molar-refractivity contribution in [2.24, 2.45) is 0 Å². The van der Waals surface area contributed by atoms with E-state index in [-0.39, 0.29) is 17.9 Å². The van der Waals surface area contributed by atoms with Crippen LogP contribution in [-0.2, 0) is 11.3 Å². The average molecular weight is 397 g/mol. The van der Waals surface area contributed by atoms with Gasteiger partial charge in [0, 0.05) is 31.5 Å². The van der Waals surface area contributed by atoms with Crippen molar-refractivity contribution in [1.82, 2.24) is 14.9 Å². The quantitative estimate of drug-likeness (QED) is 0.632. The Labute approximate surface area is 168 Å². The molecule has 3 aromatic rings. The first-order valence-electron chi connectivity index (χ1n) is 8.91. The molecule has 144 valence electrons. The molecule has 2 aromatic carbocycles. The van der Waals surface area contributed by atoms with Gasteiger partial charge in [-0.15, -0.1) is 0 Å². The summed E-state index contributed by atoms with van der Waals surface area (Å²) in [7, 11) is 0. The number of carbonyl (C=O) groups excluding carboxylic acids is 2. The summed E-state index contributed by atoms with van der Waals surface area (Å²) in [5.41, 5.74) is 1.85. The van der Waals surface area contributed by atoms with Crippen molar-refractivity contribution in [2.75, 3.05) is 5.32 Å².